The molecule has 0 aliphatic carbocycles. The van der Waals surface area contributed by atoms with Gasteiger partial charge in [0.15, 0.2) is 0 Å². The Bertz CT molecular complexity index is 3240. The van der Waals surface area contributed by atoms with E-state index in [-0.39, 0.29) is 12.2 Å². The maximum Gasteiger partial charge on any atom is 0.119 e. The smallest absolute Gasteiger partial charge is 0.119 e. The predicted molar refractivity (Wildman–Crippen MR) is 370 cm³/mol. The van der Waals surface area contributed by atoms with Crippen molar-refractivity contribution < 1.29 is 14.2 Å². The molecule has 1 aromatic heterocycles. The highest BCUT2D eigenvalue weighted by Gasteiger charge is 2.23. The predicted octanol–water partition coefficient (Wildman–Crippen LogP) is 22.3. The molecule has 3 atom stereocenters. The van der Waals surface area contributed by atoms with E-state index < -0.39 is 0 Å². The summed E-state index contributed by atoms with van der Waals surface area (Å²) in [4.78, 5) is 0. The van der Waals surface area contributed by atoms with Gasteiger partial charge in [-0.05, 0) is 211 Å². The van der Waals surface area contributed by atoms with Crippen LogP contribution in [0.5, 0.6) is 17.2 Å². The number of unbranched alkanes of at least 4 members (excludes halogenated alkanes) is 2. The van der Waals surface area contributed by atoms with Gasteiger partial charge in [0.2, 0.25) is 0 Å². The van der Waals surface area contributed by atoms with E-state index in [1.807, 2.05) is 0 Å². The van der Waals surface area contributed by atoms with Crippen molar-refractivity contribution in [2.45, 2.75) is 232 Å². The van der Waals surface area contributed by atoms with Gasteiger partial charge in [0.25, 0.3) is 0 Å². The van der Waals surface area contributed by atoms with Gasteiger partial charge >= 0.3 is 0 Å². The Hall–Kier alpha value is -6.00. The lowest BCUT2D eigenvalue weighted by molar-refractivity contribution is 0.201. The first-order valence-electron chi connectivity index (χ1n) is 34.0. The van der Waals surface area contributed by atoms with Gasteiger partial charge < -0.3 is 18.8 Å². The van der Waals surface area contributed by atoms with E-state index in [4.69, 9.17) is 14.2 Å². The van der Waals surface area contributed by atoms with Gasteiger partial charge in [-0.3, -0.25) is 0 Å². The van der Waals surface area contributed by atoms with Crippen LogP contribution in [0.15, 0.2) is 121 Å². The summed E-state index contributed by atoms with van der Waals surface area (Å²) in [5, 5.41) is 5.63. The molecule has 1 heterocycles. The molecule has 0 amide bonds. The maximum atomic E-state index is 6.66. The molecule has 0 aliphatic rings. The number of aryl methyl sites for hydroxylation is 2. The largest absolute Gasteiger partial charge is 0.493 e. The monoisotopic (exact) mass is 1150 g/mol. The normalized spacial score (nSPS) is 13.6. The SMILES string of the molecule is CCC=c1c(-c2ccc(OCC(CC)CC)cc2)ccc(-c2ccc(CC(C)CC(CC)CCCC(C)Oc3ccc(-c4ccc(-c5ccc(OC(C)C)cc5)c5c(CC)n(CC(C)C)c(CC)c45)cc3)cc2)c1=C(CC)CCCCCC(C)C. The average Bonchev–Trinajstić information content (AvgIpc) is 2.06. The minimum Gasteiger partial charge on any atom is -0.493 e. The third-order valence-corrected chi connectivity index (χ3v) is 18.1. The molecule has 0 fully saturated rings. The Morgan fingerprint density at radius 2 is 1.00 bits per heavy atom. The molecule has 0 saturated carbocycles. The Morgan fingerprint density at radius 3 is 1.52 bits per heavy atom. The minimum absolute atomic E-state index is 0.143. The summed E-state index contributed by atoms with van der Waals surface area (Å²) in [5.41, 5.74) is 16.2. The molecule has 458 valence electrons. The average molecular weight is 1150 g/mol. The molecule has 0 bridgehead atoms. The lowest BCUT2D eigenvalue weighted by Gasteiger charge is -2.21. The minimum atomic E-state index is 0.143. The second kappa shape index (κ2) is 33.2. The van der Waals surface area contributed by atoms with Crippen molar-refractivity contribution in [2.24, 2.45) is 29.6 Å². The third-order valence-electron chi connectivity index (χ3n) is 18.1. The van der Waals surface area contributed by atoms with Gasteiger partial charge in [-0.15, -0.1) is 0 Å². The number of ether oxygens (including phenoxy) is 3. The van der Waals surface area contributed by atoms with Crippen LogP contribution in [0.3, 0.4) is 0 Å². The molecule has 4 heteroatoms. The first kappa shape index (κ1) is 66.5. The molecule has 0 radical (unpaired) electrons. The molecule has 7 rings (SSSR count). The summed E-state index contributed by atoms with van der Waals surface area (Å²) < 4.78 is 21.6. The molecule has 0 saturated heterocycles. The van der Waals surface area contributed by atoms with Gasteiger partial charge in [0.05, 0.1) is 18.8 Å². The first-order valence-corrected chi connectivity index (χ1v) is 34.0. The lowest BCUT2D eigenvalue weighted by atomic mass is 9.86. The van der Waals surface area contributed by atoms with Crippen molar-refractivity contribution >= 4 is 22.4 Å². The highest BCUT2D eigenvalue weighted by Crippen LogP contribution is 2.43. The van der Waals surface area contributed by atoms with Gasteiger partial charge in [-0.25, -0.2) is 0 Å². The molecule has 3 unspecified atom stereocenters. The van der Waals surface area contributed by atoms with E-state index in [2.05, 4.69) is 236 Å². The molecule has 0 aliphatic heterocycles. The fourth-order valence-corrected chi connectivity index (χ4v) is 13.4. The number of nitrogens with zero attached hydrogens (tertiary/aromatic N) is 1. The van der Waals surface area contributed by atoms with Gasteiger partial charge in [-0.2, -0.15) is 0 Å². The molecule has 0 N–H and O–H groups in total. The molecule has 4 nitrogen and oxygen atoms in total. The molecular formula is C81H111NO3. The van der Waals surface area contributed by atoms with Crippen LogP contribution < -0.4 is 24.6 Å². The van der Waals surface area contributed by atoms with E-state index in [9.17, 15) is 0 Å². The number of fused-ring (bicyclic) bond motifs is 1. The zero-order valence-corrected chi connectivity index (χ0v) is 55.8. The highest BCUT2D eigenvalue weighted by molar-refractivity contribution is 6.08. The van der Waals surface area contributed by atoms with E-state index in [1.165, 1.54) is 134 Å². The van der Waals surface area contributed by atoms with E-state index in [0.29, 0.717) is 23.7 Å². The van der Waals surface area contributed by atoms with Crippen LogP contribution >= 0.6 is 0 Å². The third kappa shape index (κ3) is 18.0. The van der Waals surface area contributed by atoms with Crippen molar-refractivity contribution in [1.82, 2.24) is 4.57 Å². The molecule has 0 spiro atoms. The summed E-state index contributed by atoms with van der Waals surface area (Å²) in [6.45, 7) is 36.3. The highest BCUT2D eigenvalue weighted by atomic mass is 16.5. The zero-order valence-electron chi connectivity index (χ0n) is 55.8. The van der Waals surface area contributed by atoms with Gasteiger partial charge in [-0.1, -0.05) is 225 Å². The Morgan fingerprint density at radius 1 is 0.482 bits per heavy atom. The quantitative estimate of drug-likeness (QED) is 0.0377. The van der Waals surface area contributed by atoms with Crippen LogP contribution in [-0.4, -0.2) is 23.4 Å². The van der Waals surface area contributed by atoms with Crippen molar-refractivity contribution in [3.63, 3.8) is 0 Å². The van der Waals surface area contributed by atoms with Crippen LogP contribution in [0.1, 0.15) is 211 Å². The standard InChI is InChI=1S/C81H111NO3/c1-16-27-76-72(65-36-42-69(43-37-65)83-55-61(17-2)18-3)48-49-73(79(76)64(20-5)31-25-23-24-28-56(8)9)66-34-32-63(33-35-66)53-59(14)52-62(19-4)30-26-29-60(15)85-71-46-40-68(41-47-71)75-51-50-74(67-38-44-70(45-39-67)84-58(12)13)80-77(21-6)82(54-57(10)11)78(22-7)81(75)80/h27,32-51,56-62H,16-26,28-31,52-55H2,1-15H3. The lowest BCUT2D eigenvalue weighted by Crippen LogP contribution is -2.31. The molecular weight excluding hydrogens is 1030 g/mol. The fraction of sp³-hybridized carbons (Fsp3) is 0.506. The Balaban J connectivity index is 1.01. The maximum absolute atomic E-state index is 6.66. The van der Waals surface area contributed by atoms with Gasteiger partial charge in [0.1, 0.15) is 17.2 Å². The Kier molecular flexibility index (Phi) is 26.0. The summed E-state index contributed by atoms with van der Waals surface area (Å²) in [7, 11) is 0. The molecule has 7 aromatic rings. The number of rotatable bonds is 34. The van der Waals surface area contributed by atoms with Crippen molar-refractivity contribution in [3.05, 3.63) is 149 Å². The van der Waals surface area contributed by atoms with Crippen LogP contribution in [0.4, 0.5) is 0 Å². The number of aromatic nitrogens is 1. The number of hydrogen-bond donors (Lipinski definition) is 0. The molecule has 85 heavy (non-hydrogen) atoms. The Labute approximate surface area is 516 Å². The van der Waals surface area contributed by atoms with E-state index in [0.717, 1.165) is 94.1 Å². The van der Waals surface area contributed by atoms with Gasteiger partial charge in [0, 0.05) is 28.7 Å². The van der Waals surface area contributed by atoms with Crippen LogP contribution in [0, 0.1) is 29.6 Å². The fourth-order valence-electron chi connectivity index (χ4n) is 13.4. The second-order valence-electron chi connectivity index (χ2n) is 26.1. The number of benzene rings is 6. The number of hydrogen-bond acceptors (Lipinski definition) is 3. The van der Waals surface area contributed by atoms with Crippen LogP contribution in [0.25, 0.3) is 66.9 Å². The second-order valence-corrected chi connectivity index (χ2v) is 26.1. The summed E-state index contributed by atoms with van der Waals surface area (Å²) in [6, 6.07) is 45.8. The summed E-state index contributed by atoms with van der Waals surface area (Å²) in [5.74, 6) is 6.05. The van der Waals surface area contributed by atoms with E-state index in [1.54, 1.807) is 5.57 Å². The van der Waals surface area contributed by atoms with Crippen LogP contribution in [-0.2, 0) is 25.8 Å². The van der Waals surface area contributed by atoms with Crippen molar-refractivity contribution in [3.8, 4) is 61.8 Å². The summed E-state index contributed by atoms with van der Waals surface area (Å²) >= 11 is 0. The van der Waals surface area contributed by atoms with Crippen LogP contribution in [0.2, 0.25) is 0 Å². The summed E-state index contributed by atoms with van der Waals surface area (Å²) in [6.07, 6.45) is 22.4. The first-order chi connectivity index (χ1) is 41.1. The van der Waals surface area contributed by atoms with E-state index >= 15 is 0 Å². The van der Waals surface area contributed by atoms with Crippen molar-refractivity contribution in [2.75, 3.05) is 6.61 Å². The zero-order chi connectivity index (χ0) is 61.0. The topological polar surface area (TPSA) is 32.6 Å². The molecule has 6 aromatic carbocycles. The van der Waals surface area contributed by atoms with Crippen molar-refractivity contribution in [1.29, 1.82) is 0 Å².